The molecule has 1 aromatic heterocycles. The van der Waals surface area contributed by atoms with Crippen LogP contribution < -0.4 is 4.74 Å². The summed E-state index contributed by atoms with van der Waals surface area (Å²) in [4.78, 5) is 16.3. The lowest BCUT2D eigenvalue weighted by Crippen LogP contribution is -2.14. The van der Waals surface area contributed by atoms with Gasteiger partial charge in [-0.05, 0) is 65.9 Å². The van der Waals surface area contributed by atoms with Crippen LogP contribution in [0.15, 0.2) is 91.0 Å². The molecule has 1 heterocycles. The molecule has 5 nitrogen and oxygen atoms in total. The number of hydrogen-bond donors (Lipinski definition) is 1. The molecule has 6 rings (SSSR count). The van der Waals surface area contributed by atoms with Crippen molar-refractivity contribution >= 4 is 17.0 Å². The van der Waals surface area contributed by atoms with E-state index in [2.05, 4.69) is 4.98 Å². The molecule has 0 radical (unpaired) electrons. The van der Waals surface area contributed by atoms with Crippen molar-refractivity contribution in [2.24, 2.45) is 0 Å². The lowest BCUT2D eigenvalue weighted by molar-refractivity contribution is -0.139. The number of carbonyl (C=O) groups is 1. The average molecular weight is 571 g/mol. The number of rotatable bonds is 7. The van der Waals surface area contributed by atoms with Crippen molar-refractivity contribution < 1.29 is 27.8 Å². The zero-order valence-corrected chi connectivity index (χ0v) is 22.8. The quantitative estimate of drug-likeness (QED) is 0.212. The van der Waals surface area contributed by atoms with E-state index in [1.807, 2.05) is 59.2 Å². The zero-order valence-electron chi connectivity index (χ0n) is 22.8. The van der Waals surface area contributed by atoms with Gasteiger partial charge in [-0.15, -0.1) is 0 Å². The summed E-state index contributed by atoms with van der Waals surface area (Å²) in [6, 6.07) is 26.0. The molecule has 0 amide bonds. The predicted molar refractivity (Wildman–Crippen MR) is 155 cm³/mol. The van der Waals surface area contributed by atoms with Gasteiger partial charge < -0.3 is 14.4 Å². The van der Waals surface area contributed by atoms with E-state index in [0.29, 0.717) is 22.4 Å². The van der Waals surface area contributed by atoms with Crippen LogP contribution in [-0.4, -0.2) is 20.6 Å². The zero-order chi connectivity index (χ0) is 29.3. The monoisotopic (exact) mass is 570 g/mol. The van der Waals surface area contributed by atoms with Gasteiger partial charge in [-0.1, -0.05) is 73.9 Å². The van der Waals surface area contributed by atoms with Crippen LogP contribution in [0.4, 0.5) is 13.2 Å². The molecule has 5 aromatic rings. The van der Waals surface area contributed by atoms with E-state index in [1.54, 1.807) is 12.1 Å². The Bertz CT molecular complexity index is 1740. The fraction of sp³-hybridized carbons (Fsp3) is 0.235. The Morgan fingerprint density at radius 2 is 1.62 bits per heavy atom. The minimum absolute atomic E-state index is 0.0357. The van der Waals surface area contributed by atoms with Gasteiger partial charge in [0.2, 0.25) is 0 Å². The Morgan fingerprint density at radius 3 is 2.36 bits per heavy atom. The number of hydrogen-bond acceptors (Lipinski definition) is 3. The molecule has 0 unspecified atom stereocenters. The topological polar surface area (TPSA) is 64.3 Å². The smallest absolute Gasteiger partial charge is 0.419 e. The molecule has 1 fully saturated rings. The van der Waals surface area contributed by atoms with Crippen molar-refractivity contribution in [1.82, 2.24) is 9.55 Å². The fourth-order valence-electron chi connectivity index (χ4n) is 5.86. The van der Waals surface area contributed by atoms with Gasteiger partial charge in [0.1, 0.15) is 18.2 Å². The summed E-state index contributed by atoms with van der Waals surface area (Å²) in [5, 5.41) is 9.48. The van der Waals surface area contributed by atoms with Gasteiger partial charge in [-0.25, -0.2) is 9.78 Å². The normalized spacial score (nSPS) is 14.3. The highest BCUT2D eigenvalue weighted by Crippen LogP contribution is 2.41. The van der Waals surface area contributed by atoms with Crippen molar-refractivity contribution in [3.05, 3.63) is 108 Å². The van der Waals surface area contributed by atoms with E-state index in [0.717, 1.165) is 54.9 Å². The number of alkyl halides is 3. The number of benzene rings is 4. The van der Waals surface area contributed by atoms with Crippen LogP contribution in [0.3, 0.4) is 0 Å². The molecule has 0 atom stereocenters. The van der Waals surface area contributed by atoms with E-state index >= 15 is 0 Å². The summed E-state index contributed by atoms with van der Waals surface area (Å²) in [5.74, 6) is -0.950. The third-order valence-electron chi connectivity index (χ3n) is 7.90. The van der Waals surface area contributed by atoms with Crippen molar-refractivity contribution in [2.45, 2.75) is 50.9 Å². The van der Waals surface area contributed by atoms with Gasteiger partial charge in [-0.3, -0.25) is 0 Å². The molecule has 1 saturated carbocycles. The van der Waals surface area contributed by atoms with E-state index in [9.17, 15) is 23.1 Å². The molecule has 1 aliphatic carbocycles. The maximum atomic E-state index is 14.4. The lowest BCUT2D eigenvalue weighted by Gasteiger charge is -2.26. The molecule has 1 aliphatic rings. The number of aromatic nitrogens is 2. The summed E-state index contributed by atoms with van der Waals surface area (Å²) in [7, 11) is 0. The maximum Gasteiger partial charge on any atom is 0.419 e. The summed E-state index contributed by atoms with van der Waals surface area (Å²) in [6.45, 7) is -0.0357. The van der Waals surface area contributed by atoms with Crippen LogP contribution in [0.2, 0.25) is 0 Å². The number of carboxylic acid groups (broad SMARTS) is 1. The SMILES string of the molecule is O=C(O)c1ccc2c(c1)nc(-c1ccc(OCc3ccccc3-c3ccccc3)c(C(F)(F)F)c1)n2C1CCCCC1. The number of nitrogens with zero attached hydrogens (tertiary/aromatic N) is 2. The van der Waals surface area contributed by atoms with Crippen LogP contribution >= 0.6 is 0 Å². The number of fused-ring (bicyclic) bond motifs is 1. The fourth-order valence-corrected chi connectivity index (χ4v) is 5.86. The van der Waals surface area contributed by atoms with E-state index < -0.39 is 17.7 Å². The van der Waals surface area contributed by atoms with Gasteiger partial charge in [0.15, 0.2) is 0 Å². The first-order valence-corrected chi connectivity index (χ1v) is 14.0. The lowest BCUT2D eigenvalue weighted by atomic mass is 9.94. The second-order valence-electron chi connectivity index (χ2n) is 10.6. The minimum Gasteiger partial charge on any atom is -0.488 e. The Labute approximate surface area is 241 Å². The number of ether oxygens (including phenoxy) is 1. The molecular weight excluding hydrogens is 541 g/mol. The first-order valence-electron chi connectivity index (χ1n) is 14.0. The van der Waals surface area contributed by atoms with Crippen molar-refractivity contribution in [3.8, 4) is 28.3 Å². The van der Waals surface area contributed by atoms with E-state index in [-0.39, 0.29) is 24.0 Å². The second kappa shape index (κ2) is 11.4. The van der Waals surface area contributed by atoms with E-state index in [1.165, 1.54) is 18.2 Å². The second-order valence-corrected chi connectivity index (χ2v) is 10.6. The largest absolute Gasteiger partial charge is 0.488 e. The number of halogens is 3. The van der Waals surface area contributed by atoms with Gasteiger partial charge in [-0.2, -0.15) is 13.2 Å². The van der Waals surface area contributed by atoms with Gasteiger partial charge in [0.25, 0.3) is 0 Å². The molecule has 4 aromatic carbocycles. The van der Waals surface area contributed by atoms with Gasteiger partial charge in [0, 0.05) is 11.6 Å². The Balaban J connectivity index is 1.40. The standard InChI is InChI=1S/C34H29F3N2O3/c35-34(36,37)28-19-23(16-18-31(28)42-21-25-11-7-8-14-27(25)22-9-3-1-4-10-22)32-38-29-20-24(33(40)41)15-17-30(29)39(32)26-12-5-2-6-13-26/h1,3-4,7-11,14-20,26H,2,5-6,12-13,21H2,(H,40,41). The molecule has 214 valence electrons. The first kappa shape index (κ1) is 27.6. The number of aromatic carboxylic acids is 1. The van der Waals surface area contributed by atoms with Crippen molar-refractivity contribution in [2.75, 3.05) is 0 Å². The van der Waals surface area contributed by atoms with Gasteiger partial charge in [0.05, 0.1) is 22.2 Å². The predicted octanol–water partition coefficient (Wildman–Crippen LogP) is 9.17. The maximum absolute atomic E-state index is 14.4. The molecular formula is C34H29F3N2O3. The number of carboxylic acids is 1. The Morgan fingerprint density at radius 1 is 0.881 bits per heavy atom. The summed E-state index contributed by atoms with van der Waals surface area (Å²) >= 11 is 0. The highest BCUT2D eigenvalue weighted by Gasteiger charge is 2.35. The average Bonchev–Trinajstić information content (AvgIpc) is 3.39. The molecule has 8 heteroatoms. The summed E-state index contributed by atoms with van der Waals surface area (Å²) < 4.78 is 51.2. The molecule has 1 N–H and O–H groups in total. The van der Waals surface area contributed by atoms with Crippen LogP contribution in [-0.2, 0) is 12.8 Å². The third kappa shape index (κ3) is 5.49. The highest BCUT2D eigenvalue weighted by atomic mass is 19.4. The summed E-state index contributed by atoms with van der Waals surface area (Å²) in [5.41, 5.74) is 3.28. The Hall–Kier alpha value is -4.59. The van der Waals surface area contributed by atoms with Crippen LogP contribution in [0.1, 0.15) is 59.6 Å². The first-order chi connectivity index (χ1) is 20.3. The highest BCUT2D eigenvalue weighted by molar-refractivity contribution is 5.93. The molecule has 42 heavy (non-hydrogen) atoms. The van der Waals surface area contributed by atoms with Crippen LogP contribution in [0.5, 0.6) is 5.75 Å². The summed E-state index contributed by atoms with van der Waals surface area (Å²) in [6.07, 6.45) is 0.242. The van der Waals surface area contributed by atoms with Crippen molar-refractivity contribution in [3.63, 3.8) is 0 Å². The molecule has 0 aliphatic heterocycles. The molecule has 0 bridgehead atoms. The molecule has 0 saturated heterocycles. The van der Waals surface area contributed by atoms with E-state index in [4.69, 9.17) is 4.74 Å². The molecule has 0 spiro atoms. The van der Waals surface area contributed by atoms with Crippen LogP contribution in [0, 0.1) is 0 Å². The van der Waals surface area contributed by atoms with Gasteiger partial charge >= 0.3 is 12.1 Å². The van der Waals surface area contributed by atoms with Crippen molar-refractivity contribution in [1.29, 1.82) is 0 Å². The van der Waals surface area contributed by atoms with Crippen LogP contribution in [0.25, 0.3) is 33.5 Å². The third-order valence-corrected chi connectivity index (χ3v) is 7.90. The Kier molecular flexibility index (Phi) is 7.45. The number of imidazole rings is 1. The minimum atomic E-state index is -4.66.